The molecule has 0 saturated carbocycles. The summed E-state index contributed by atoms with van der Waals surface area (Å²) in [6.45, 7) is 0.872. The Balaban J connectivity index is 1.68. The Morgan fingerprint density at radius 3 is 2.68 bits per heavy atom. The molecule has 28 heavy (non-hydrogen) atoms. The van der Waals surface area contributed by atoms with E-state index in [1.165, 1.54) is 23.1 Å². The summed E-state index contributed by atoms with van der Waals surface area (Å²) >= 11 is 0. The number of para-hydroxylation sites is 2. The van der Waals surface area contributed by atoms with E-state index in [1.54, 1.807) is 6.07 Å². The summed E-state index contributed by atoms with van der Waals surface area (Å²) in [5.41, 5.74) is 0.657. The van der Waals surface area contributed by atoms with Crippen molar-refractivity contribution < 1.29 is 18.0 Å². The van der Waals surface area contributed by atoms with Gasteiger partial charge >= 0.3 is 6.18 Å². The predicted octanol–water partition coefficient (Wildman–Crippen LogP) is 4.01. The van der Waals surface area contributed by atoms with Crippen LogP contribution in [0.4, 0.5) is 19.1 Å². The number of halogens is 3. The Morgan fingerprint density at radius 1 is 1.14 bits per heavy atom. The largest absolute Gasteiger partial charge is 0.416 e. The molecule has 140 valence electrons. The van der Waals surface area contributed by atoms with Crippen LogP contribution < -0.4 is 4.90 Å². The lowest BCUT2D eigenvalue weighted by molar-refractivity contribution is -0.137. The van der Waals surface area contributed by atoms with E-state index in [-0.39, 0.29) is 11.1 Å². The third-order valence-corrected chi connectivity index (χ3v) is 4.54. The zero-order chi connectivity index (χ0) is 19.9. The highest BCUT2D eigenvalue weighted by Gasteiger charge is 2.32. The highest BCUT2D eigenvalue weighted by Crippen LogP contribution is 2.31. The van der Waals surface area contributed by atoms with E-state index >= 15 is 0 Å². The molecule has 1 aromatic heterocycles. The fraction of sp³-hybridized carbons (Fsp3) is 0.150. The summed E-state index contributed by atoms with van der Waals surface area (Å²) in [7, 11) is 0. The molecule has 2 aromatic carbocycles. The number of hydrogen-bond donors (Lipinski definition) is 0. The number of amides is 1. The van der Waals surface area contributed by atoms with Crippen molar-refractivity contribution in [3.05, 3.63) is 65.2 Å². The number of hydrogen-bond acceptors (Lipinski definition) is 3. The minimum atomic E-state index is -4.50. The number of carbonyl (C=O) groups excluding carboxylic acids is 1. The molecule has 5 nitrogen and oxygen atoms in total. The number of rotatable bonds is 2. The molecule has 0 unspecified atom stereocenters. The van der Waals surface area contributed by atoms with Crippen molar-refractivity contribution in [3.8, 4) is 6.07 Å². The van der Waals surface area contributed by atoms with Crippen molar-refractivity contribution in [3.63, 3.8) is 0 Å². The van der Waals surface area contributed by atoms with E-state index < -0.39 is 17.6 Å². The Labute approximate surface area is 157 Å². The Hall–Kier alpha value is -3.60. The van der Waals surface area contributed by atoms with Gasteiger partial charge in [-0.2, -0.15) is 18.4 Å². The van der Waals surface area contributed by atoms with Crippen molar-refractivity contribution >= 4 is 29.0 Å². The topological polar surface area (TPSA) is 61.9 Å². The average molecular weight is 382 g/mol. The first-order valence-corrected chi connectivity index (χ1v) is 8.44. The molecule has 2 heterocycles. The van der Waals surface area contributed by atoms with Crippen LogP contribution in [0.25, 0.3) is 17.1 Å². The van der Waals surface area contributed by atoms with Gasteiger partial charge in [0.1, 0.15) is 11.6 Å². The minimum Gasteiger partial charge on any atom is -0.308 e. The highest BCUT2D eigenvalue weighted by molar-refractivity contribution is 6.11. The van der Waals surface area contributed by atoms with Gasteiger partial charge in [0.15, 0.2) is 0 Å². The van der Waals surface area contributed by atoms with Crippen LogP contribution >= 0.6 is 0 Å². The maximum Gasteiger partial charge on any atom is 0.416 e. The van der Waals surface area contributed by atoms with Crippen LogP contribution in [0.3, 0.4) is 0 Å². The first-order chi connectivity index (χ1) is 13.4. The molecule has 1 amide bonds. The molecule has 3 aromatic rings. The zero-order valence-electron chi connectivity index (χ0n) is 14.4. The van der Waals surface area contributed by atoms with Crippen LogP contribution in [0, 0.1) is 11.3 Å². The van der Waals surface area contributed by atoms with Crippen molar-refractivity contribution in [2.24, 2.45) is 0 Å². The first-order valence-electron chi connectivity index (χ1n) is 8.44. The second kappa shape index (κ2) is 6.53. The first kappa shape index (κ1) is 17.8. The number of benzene rings is 2. The molecule has 0 N–H and O–H groups in total. The number of nitrogens with zero attached hydrogens (tertiary/aromatic N) is 4. The standard InChI is InChI=1S/C20H13F3N4O/c21-20(22,23)15-5-3-4-13(11-15)10-14(12-24)18(28)27-9-8-26-17-7-2-1-6-16(17)25-19(26)27/h1-7,10-11H,8-9H2. The average Bonchev–Trinajstić information content (AvgIpc) is 3.24. The van der Waals surface area contributed by atoms with Gasteiger partial charge in [0.25, 0.3) is 5.91 Å². The lowest BCUT2D eigenvalue weighted by atomic mass is 10.1. The summed E-state index contributed by atoms with van der Waals surface area (Å²) < 4.78 is 40.5. The molecule has 0 fully saturated rings. The number of alkyl halides is 3. The Morgan fingerprint density at radius 2 is 1.93 bits per heavy atom. The summed E-state index contributed by atoms with van der Waals surface area (Å²) in [5.74, 6) is -0.162. The summed E-state index contributed by atoms with van der Waals surface area (Å²) in [6.07, 6.45) is -3.33. The molecule has 0 saturated heterocycles. The predicted molar refractivity (Wildman–Crippen MR) is 97.1 cm³/mol. The second-order valence-corrected chi connectivity index (χ2v) is 6.30. The van der Waals surface area contributed by atoms with Crippen LogP contribution in [0.2, 0.25) is 0 Å². The summed E-state index contributed by atoms with van der Waals surface area (Å²) in [4.78, 5) is 18.7. The lowest BCUT2D eigenvalue weighted by Gasteiger charge is -2.13. The summed E-state index contributed by atoms with van der Waals surface area (Å²) in [5, 5.41) is 9.42. The van der Waals surface area contributed by atoms with Gasteiger partial charge in [-0.25, -0.2) is 4.98 Å². The van der Waals surface area contributed by atoms with E-state index in [0.29, 0.717) is 19.0 Å². The van der Waals surface area contributed by atoms with Crippen molar-refractivity contribution in [2.75, 3.05) is 11.4 Å². The van der Waals surface area contributed by atoms with E-state index in [0.717, 1.165) is 23.2 Å². The van der Waals surface area contributed by atoms with Gasteiger partial charge in [-0.05, 0) is 35.9 Å². The third kappa shape index (κ3) is 3.01. The summed E-state index contributed by atoms with van der Waals surface area (Å²) in [6, 6.07) is 13.7. The molecule has 0 atom stereocenters. The van der Waals surface area contributed by atoms with E-state index in [1.807, 2.05) is 28.8 Å². The molecule has 0 radical (unpaired) electrons. The maximum atomic E-state index is 12.9. The molecule has 0 aliphatic carbocycles. The number of fused-ring (bicyclic) bond motifs is 3. The fourth-order valence-corrected chi connectivity index (χ4v) is 3.24. The highest BCUT2D eigenvalue weighted by atomic mass is 19.4. The molecule has 8 heteroatoms. The van der Waals surface area contributed by atoms with Crippen LogP contribution in [0.5, 0.6) is 0 Å². The van der Waals surface area contributed by atoms with Crippen LogP contribution in [-0.2, 0) is 17.5 Å². The van der Waals surface area contributed by atoms with Crippen LogP contribution in [-0.4, -0.2) is 22.0 Å². The van der Waals surface area contributed by atoms with Gasteiger partial charge < -0.3 is 4.57 Å². The SMILES string of the molecule is N#CC(=Cc1cccc(C(F)(F)F)c1)C(=O)N1CCn2c1nc1ccccc12. The molecular formula is C20H13F3N4O. The van der Waals surface area contributed by atoms with Gasteiger partial charge in [0.2, 0.25) is 5.95 Å². The van der Waals surface area contributed by atoms with E-state index in [4.69, 9.17) is 0 Å². The molecule has 0 spiro atoms. The van der Waals surface area contributed by atoms with E-state index in [9.17, 15) is 23.2 Å². The van der Waals surface area contributed by atoms with Crippen LogP contribution in [0.1, 0.15) is 11.1 Å². The van der Waals surface area contributed by atoms with Gasteiger partial charge in [0, 0.05) is 13.1 Å². The Bertz CT molecular complexity index is 1150. The van der Waals surface area contributed by atoms with Gasteiger partial charge in [-0.3, -0.25) is 9.69 Å². The lowest BCUT2D eigenvalue weighted by Crippen LogP contribution is -2.30. The number of aromatic nitrogens is 2. The quantitative estimate of drug-likeness (QED) is 0.497. The number of anilines is 1. The molecular weight excluding hydrogens is 369 g/mol. The monoisotopic (exact) mass is 382 g/mol. The smallest absolute Gasteiger partial charge is 0.308 e. The minimum absolute atomic E-state index is 0.132. The second-order valence-electron chi connectivity index (χ2n) is 6.30. The van der Waals surface area contributed by atoms with E-state index in [2.05, 4.69) is 4.98 Å². The Kier molecular flexibility index (Phi) is 4.15. The molecule has 4 rings (SSSR count). The fourth-order valence-electron chi connectivity index (χ4n) is 3.24. The maximum absolute atomic E-state index is 12.9. The third-order valence-electron chi connectivity index (χ3n) is 4.54. The van der Waals surface area contributed by atoms with Crippen molar-refractivity contribution in [2.45, 2.75) is 12.7 Å². The number of carbonyl (C=O) groups is 1. The normalized spacial score (nSPS) is 14.2. The molecule has 1 aliphatic rings. The van der Waals surface area contributed by atoms with Gasteiger partial charge in [-0.1, -0.05) is 24.3 Å². The molecule has 1 aliphatic heterocycles. The number of nitriles is 1. The van der Waals surface area contributed by atoms with Gasteiger partial charge in [-0.15, -0.1) is 0 Å². The van der Waals surface area contributed by atoms with Crippen molar-refractivity contribution in [1.29, 1.82) is 5.26 Å². The van der Waals surface area contributed by atoms with Crippen molar-refractivity contribution in [1.82, 2.24) is 9.55 Å². The number of imidazole rings is 1. The zero-order valence-corrected chi connectivity index (χ0v) is 14.4. The van der Waals surface area contributed by atoms with Crippen LogP contribution in [0.15, 0.2) is 54.1 Å². The van der Waals surface area contributed by atoms with Gasteiger partial charge in [0.05, 0.1) is 16.6 Å². The molecule has 0 bridgehead atoms.